The zero-order valence-electron chi connectivity index (χ0n) is 16.4. The van der Waals surface area contributed by atoms with Crippen LogP contribution in [-0.4, -0.2) is 26.2 Å². The summed E-state index contributed by atoms with van der Waals surface area (Å²) in [7, 11) is 0. The van der Waals surface area contributed by atoms with Gasteiger partial charge in [-0.05, 0) is 36.8 Å². The first-order valence-electron chi connectivity index (χ1n) is 9.55. The van der Waals surface area contributed by atoms with Crippen molar-refractivity contribution < 1.29 is 4.74 Å². The Kier molecular flexibility index (Phi) is 5.85. The fourth-order valence-corrected chi connectivity index (χ4v) is 3.09. The van der Waals surface area contributed by atoms with Gasteiger partial charge in [-0.25, -0.2) is 4.98 Å². The van der Waals surface area contributed by atoms with Crippen LogP contribution in [0.3, 0.4) is 0 Å². The number of rotatable bonds is 8. The summed E-state index contributed by atoms with van der Waals surface area (Å²) >= 11 is 5.91. The monoisotopic (exact) mass is 424 g/mol. The van der Waals surface area contributed by atoms with Gasteiger partial charge in [-0.1, -0.05) is 35.9 Å². The minimum atomic E-state index is -0.234. The molecule has 0 aliphatic heterocycles. The van der Waals surface area contributed by atoms with E-state index in [1.165, 1.54) is 10.6 Å². The quantitative estimate of drug-likeness (QED) is 0.399. The molecule has 3 N–H and O–H groups in total. The number of hydrogen-bond acceptors (Lipinski definition) is 6. The topological polar surface area (TPSA) is 96.3 Å². The Morgan fingerprint density at radius 2 is 1.87 bits per heavy atom. The lowest BCUT2D eigenvalue weighted by atomic mass is 10.2. The second kappa shape index (κ2) is 8.87. The molecule has 30 heavy (non-hydrogen) atoms. The maximum Gasteiger partial charge on any atom is 0.274 e. The zero-order chi connectivity index (χ0) is 20.9. The van der Waals surface area contributed by atoms with Gasteiger partial charge in [0.1, 0.15) is 5.75 Å². The molecule has 8 nitrogen and oxygen atoms in total. The summed E-state index contributed by atoms with van der Waals surface area (Å²) in [5.74, 6) is 1.52. The molecule has 0 fully saturated rings. The smallest absolute Gasteiger partial charge is 0.274 e. The molecule has 2 heterocycles. The standard InChI is InChI=1S/C21H21ClN6O2/c1-2-30-18-6-4-3-5-17(18)23-13-16-11-19(29)28-21(25-16)26-20(27-28)24-12-14-7-9-15(22)10-8-14/h3-11,23H,2,12-13H2,1H3,(H2,24,25,26,27). The Bertz CT molecular complexity index is 1200. The molecule has 4 aromatic rings. The van der Waals surface area contributed by atoms with Crippen LogP contribution in [0.1, 0.15) is 18.2 Å². The molecule has 0 atom stereocenters. The third-order valence-electron chi connectivity index (χ3n) is 4.40. The summed E-state index contributed by atoms with van der Waals surface area (Å²) in [5, 5.41) is 10.0. The van der Waals surface area contributed by atoms with Crippen LogP contribution in [0, 0.1) is 0 Å². The molecule has 4 rings (SSSR count). The second-order valence-corrected chi connectivity index (χ2v) is 6.99. The van der Waals surface area contributed by atoms with Crippen LogP contribution in [0.2, 0.25) is 5.02 Å². The average molecular weight is 425 g/mol. The predicted octanol–water partition coefficient (Wildman–Crippen LogP) is 3.69. The summed E-state index contributed by atoms with van der Waals surface area (Å²) in [6, 6.07) is 16.6. The summed E-state index contributed by atoms with van der Waals surface area (Å²) < 4.78 is 6.92. The molecular weight excluding hydrogens is 404 g/mol. The first-order chi connectivity index (χ1) is 14.6. The van der Waals surface area contributed by atoms with Crippen molar-refractivity contribution in [3.05, 3.63) is 81.2 Å². The van der Waals surface area contributed by atoms with Crippen molar-refractivity contribution in [1.29, 1.82) is 0 Å². The van der Waals surface area contributed by atoms with E-state index in [0.717, 1.165) is 17.0 Å². The number of benzene rings is 2. The minimum Gasteiger partial charge on any atom is -0.492 e. The summed E-state index contributed by atoms with van der Waals surface area (Å²) in [6.45, 7) is 3.41. The summed E-state index contributed by atoms with van der Waals surface area (Å²) in [5.41, 5.74) is 2.23. The zero-order valence-corrected chi connectivity index (χ0v) is 17.1. The van der Waals surface area contributed by atoms with Crippen molar-refractivity contribution in [2.45, 2.75) is 20.0 Å². The van der Waals surface area contributed by atoms with Crippen molar-refractivity contribution in [3.8, 4) is 5.75 Å². The van der Waals surface area contributed by atoms with Gasteiger partial charge in [0, 0.05) is 17.6 Å². The fraction of sp³-hybridized carbons (Fsp3) is 0.190. The SMILES string of the molecule is CCOc1ccccc1NCc1cc(=O)n2[nH]c(NCc3ccc(Cl)cc3)nc2n1. The van der Waals surface area contributed by atoms with E-state index >= 15 is 0 Å². The van der Waals surface area contributed by atoms with Gasteiger partial charge in [0.05, 0.1) is 24.5 Å². The van der Waals surface area contributed by atoms with Crippen molar-refractivity contribution in [2.24, 2.45) is 0 Å². The molecule has 0 radical (unpaired) electrons. The van der Waals surface area contributed by atoms with E-state index in [1.807, 2.05) is 55.5 Å². The third-order valence-corrected chi connectivity index (χ3v) is 4.66. The van der Waals surface area contributed by atoms with Crippen molar-refractivity contribution in [1.82, 2.24) is 19.6 Å². The molecule has 0 saturated heterocycles. The highest BCUT2D eigenvalue weighted by Gasteiger charge is 2.09. The lowest BCUT2D eigenvalue weighted by Crippen LogP contribution is -2.17. The first-order valence-corrected chi connectivity index (χ1v) is 9.93. The summed E-state index contributed by atoms with van der Waals surface area (Å²) in [4.78, 5) is 21.3. The number of nitrogens with one attached hydrogen (secondary N) is 3. The van der Waals surface area contributed by atoms with E-state index < -0.39 is 0 Å². The Hall–Kier alpha value is -3.52. The van der Waals surface area contributed by atoms with E-state index in [9.17, 15) is 4.79 Å². The molecule has 154 valence electrons. The largest absolute Gasteiger partial charge is 0.492 e. The molecule has 0 unspecified atom stereocenters. The lowest BCUT2D eigenvalue weighted by molar-refractivity contribution is 0.341. The number of para-hydroxylation sites is 2. The summed E-state index contributed by atoms with van der Waals surface area (Å²) in [6.07, 6.45) is 0. The number of ether oxygens (including phenoxy) is 1. The number of aromatic amines is 1. The lowest BCUT2D eigenvalue weighted by Gasteiger charge is -2.11. The Morgan fingerprint density at radius 3 is 2.67 bits per heavy atom. The van der Waals surface area contributed by atoms with Crippen LogP contribution >= 0.6 is 11.6 Å². The maximum atomic E-state index is 12.5. The Morgan fingerprint density at radius 1 is 1.07 bits per heavy atom. The number of H-pyrrole nitrogens is 1. The van der Waals surface area contributed by atoms with Crippen molar-refractivity contribution in [3.63, 3.8) is 0 Å². The van der Waals surface area contributed by atoms with Gasteiger partial charge in [0.15, 0.2) is 0 Å². The first kappa shape index (κ1) is 19.8. The number of nitrogens with zero attached hydrogens (tertiary/aromatic N) is 3. The van der Waals surface area contributed by atoms with Crippen LogP contribution in [0.4, 0.5) is 11.6 Å². The van der Waals surface area contributed by atoms with E-state index in [-0.39, 0.29) is 5.56 Å². The Labute approximate surface area is 177 Å². The van der Waals surface area contributed by atoms with E-state index in [4.69, 9.17) is 16.3 Å². The van der Waals surface area contributed by atoms with E-state index in [2.05, 4.69) is 25.7 Å². The average Bonchev–Trinajstić information content (AvgIpc) is 3.17. The number of anilines is 2. The van der Waals surface area contributed by atoms with Crippen LogP contribution < -0.4 is 20.9 Å². The molecule has 2 aromatic heterocycles. The van der Waals surface area contributed by atoms with Gasteiger partial charge in [0.2, 0.25) is 5.95 Å². The molecular formula is C21H21ClN6O2. The van der Waals surface area contributed by atoms with Gasteiger partial charge in [0.25, 0.3) is 11.3 Å². The molecule has 0 bridgehead atoms. The van der Waals surface area contributed by atoms with E-state index in [1.54, 1.807) is 0 Å². The van der Waals surface area contributed by atoms with Crippen LogP contribution in [0.25, 0.3) is 5.78 Å². The third kappa shape index (κ3) is 4.55. The highest BCUT2D eigenvalue weighted by atomic mass is 35.5. The highest BCUT2D eigenvalue weighted by molar-refractivity contribution is 6.30. The van der Waals surface area contributed by atoms with Gasteiger partial charge in [-0.3, -0.25) is 9.89 Å². The Balaban J connectivity index is 1.48. The van der Waals surface area contributed by atoms with Crippen molar-refractivity contribution >= 4 is 29.0 Å². The highest BCUT2D eigenvalue weighted by Crippen LogP contribution is 2.24. The van der Waals surface area contributed by atoms with Gasteiger partial charge in [-0.2, -0.15) is 9.50 Å². The predicted molar refractivity (Wildman–Crippen MR) is 117 cm³/mol. The maximum absolute atomic E-state index is 12.5. The van der Waals surface area contributed by atoms with Crippen molar-refractivity contribution in [2.75, 3.05) is 17.2 Å². The molecule has 0 aliphatic carbocycles. The van der Waals surface area contributed by atoms with Crippen LogP contribution in [-0.2, 0) is 13.1 Å². The van der Waals surface area contributed by atoms with Crippen LogP contribution in [0.5, 0.6) is 5.75 Å². The fourth-order valence-electron chi connectivity index (χ4n) is 2.96. The van der Waals surface area contributed by atoms with Gasteiger partial charge in [-0.15, -0.1) is 0 Å². The molecule has 2 aromatic carbocycles. The molecule has 9 heteroatoms. The van der Waals surface area contributed by atoms with E-state index in [0.29, 0.717) is 42.1 Å². The molecule has 0 aliphatic rings. The normalized spacial score (nSPS) is 10.9. The molecule has 0 saturated carbocycles. The number of fused-ring (bicyclic) bond motifs is 1. The van der Waals surface area contributed by atoms with Crippen LogP contribution in [0.15, 0.2) is 59.4 Å². The molecule has 0 spiro atoms. The molecule has 0 amide bonds. The number of halogens is 1. The second-order valence-electron chi connectivity index (χ2n) is 6.56. The van der Waals surface area contributed by atoms with Gasteiger partial charge < -0.3 is 15.4 Å². The number of aromatic nitrogens is 4. The minimum absolute atomic E-state index is 0.234. The number of hydrogen-bond donors (Lipinski definition) is 3. The van der Waals surface area contributed by atoms with Gasteiger partial charge >= 0.3 is 0 Å².